The molecule has 10 heteroatoms. The van der Waals surface area contributed by atoms with E-state index in [0.29, 0.717) is 40.9 Å². The first kappa shape index (κ1) is 29.1. The summed E-state index contributed by atoms with van der Waals surface area (Å²) in [7, 11) is 3.07. The van der Waals surface area contributed by atoms with Crippen molar-refractivity contribution >= 4 is 22.8 Å². The summed E-state index contributed by atoms with van der Waals surface area (Å²) < 4.78 is 41.6. The number of carbonyl (C=O) groups excluding carboxylic acids is 2. The van der Waals surface area contributed by atoms with Gasteiger partial charge in [0.25, 0.3) is 11.8 Å². The molecule has 5 aromatic rings. The van der Waals surface area contributed by atoms with Crippen LogP contribution < -0.4 is 10.6 Å². The van der Waals surface area contributed by atoms with Crippen LogP contribution in [0.15, 0.2) is 71.4 Å². The summed E-state index contributed by atoms with van der Waals surface area (Å²) >= 11 is 0. The quantitative estimate of drug-likeness (QED) is 0.230. The minimum atomic E-state index is -0.795. The predicted octanol–water partition coefficient (Wildman–Crippen LogP) is 6.25. The third-order valence-electron chi connectivity index (χ3n) is 8.29. The van der Waals surface area contributed by atoms with Gasteiger partial charge in [-0.3, -0.25) is 9.59 Å². The van der Waals surface area contributed by atoms with Gasteiger partial charge in [0, 0.05) is 56.1 Å². The number of nitrogens with one attached hydrogen (secondary N) is 2. The number of hydrogen-bond acceptors (Lipinski definition) is 6. The maximum absolute atomic E-state index is 16.5. The Morgan fingerprint density at radius 2 is 1.66 bits per heavy atom. The van der Waals surface area contributed by atoms with Crippen molar-refractivity contribution in [2.24, 2.45) is 0 Å². The molecule has 224 valence electrons. The molecule has 0 radical (unpaired) electrons. The van der Waals surface area contributed by atoms with Crippen molar-refractivity contribution in [1.82, 2.24) is 20.6 Å². The van der Waals surface area contributed by atoms with Crippen molar-refractivity contribution in [2.45, 2.75) is 38.3 Å². The molecule has 8 nitrogen and oxygen atoms in total. The van der Waals surface area contributed by atoms with Crippen LogP contribution in [-0.4, -0.2) is 42.0 Å². The van der Waals surface area contributed by atoms with Gasteiger partial charge in [-0.15, -0.1) is 0 Å². The zero-order valence-corrected chi connectivity index (χ0v) is 24.6. The number of furan rings is 1. The van der Waals surface area contributed by atoms with E-state index in [1.807, 2.05) is 19.9 Å². The molecule has 2 N–H and O–H groups in total. The molecule has 0 bridgehead atoms. The van der Waals surface area contributed by atoms with Gasteiger partial charge < -0.3 is 19.8 Å². The molecule has 44 heavy (non-hydrogen) atoms. The van der Waals surface area contributed by atoms with Gasteiger partial charge in [0.1, 0.15) is 28.5 Å². The van der Waals surface area contributed by atoms with E-state index in [-0.39, 0.29) is 39.9 Å². The molecular formula is C34H30F2N4O4. The lowest BCUT2D eigenvalue weighted by Crippen LogP contribution is -2.58. The molecule has 1 aliphatic rings. The Hall–Kier alpha value is -4.96. The van der Waals surface area contributed by atoms with Crippen molar-refractivity contribution in [1.29, 1.82) is 0 Å². The molecule has 0 unspecified atom stereocenters. The summed E-state index contributed by atoms with van der Waals surface area (Å²) in [6, 6.07) is 13.8. The Morgan fingerprint density at radius 1 is 0.955 bits per heavy atom. The van der Waals surface area contributed by atoms with Gasteiger partial charge in [-0.1, -0.05) is 6.07 Å². The Balaban J connectivity index is 1.44. The molecular weight excluding hydrogens is 566 g/mol. The molecule has 0 aliphatic heterocycles. The molecule has 3 aromatic carbocycles. The lowest BCUT2D eigenvalue weighted by molar-refractivity contribution is -0.0336. The molecule has 0 saturated heterocycles. The van der Waals surface area contributed by atoms with Gasteiger partial charge in [0.2, 0.25) is 0 Å². The highest BCUT2D eigenvalue weighted by Gasteiger charge is 2.49. The summed E-state index contributed by atoms with van der Waals surface area (Å²) in [5, 5.41) is 5.68. The van der Waals surface area contributed by atoms with Gasteiger partial charge in [0.15, 0.2) is 5.82 Å². The number of amides is 2. The maximum Gasteiger partial charge on any atom is 0.255 e. The van der Waals surface area contributed by atoms with Crippen LogP contribution in [0.25, 0.3) is 33.4 Å². The second-order valence-electron chi connectivity index (χ2n) is 11.0. The molecule has 2 heterocycles. The largest absolute Gasteiger partial charge is 0.455 e. The lowest BCUT2D eigenvalue weighted by Gasteiger charge is -2.46. The molecule has 6 rings (SSSR count). The van der Waals surface area contributed by atoms with Crippen molar-refractivity contribution in [2.75, 3.05) is 14.2 Å². The van der Waals surface area contributed by atoms with E-state index < -0.39 is 23.1 Å². The number of methoxy groups -OCH3 is 1. The number of nitrogens with zero attached hydrogens (tertiary/aromatic N) is 2. The minimum Gasteiger partial charge on any atom is -0.455 e. The fourth-order valence-corrected chi connectivity index (χ4v) is 5.95. The van der Waals surface area contributed by atoms with Gasteiger partial charge in [-0.05, 0) is 79.1 Å². The zero-order valence-electron chi connectivity index (χ0n) is 24.6. The normalized spacial score (nSPS) is 17.7. The van der Waals surface area contributed by atoms with Gasteiger partial charge in [-0.25, -0.2) is 18.7 Å². The number of halogens is 2. The average molecular weight is 597 g/mol. The van der Waals surface area contributed by atoms with Gasteiger partial charge >= 0.3 is 0 Å². The van der Waals surface area contributed by atoms with Crippen LogP contribution in [0.2, 0.25) is 0 Å². The number of fused-ring (bicyclic) bond motifs is 1. The predicted molar refractivity (Wildman–Crippen MR) is 161 cm³/mol. The monoisotopic (exact) mass is 596 g/mol. The van der Waals surface area contributed by atoms with E-state index in [0.717, 1.165) is 5.56 Å². The highest BCUT2D eigenvalue weighted by molar-refractivity contribution is 6.12. The van der Waals surface area contributed by atoms with Crippen molar-refractivity contribution < 1.29 is 27.5 Å². The van der Waals surface area contributed by atoms with E-state index in [1.54, 1.807) is 43.8 Å². The zero-order chi connectivity index (χ0) is 31.2. The first-order valence-electron chi connectivity index (χ1n) is 14.1. The molecule has 1 saturated carbocycles. The summed E-state index contributed by atoms with van der Waals surface area (Å²) in [4.78, 5) is 35.6. The summed E-state index contributed by atoms with van der Waals surface area (Å²) in [6.45, 7) is 3.66. The first-order valence-corrected chi connectivity index (χ1v) is 14.1. The van der Waals surface area contributed by atoms with E-state index in [1.165, 1.54) is 31.3 Å². The van der Waals surface area contributed by atoms with Crippen molar-refractivity contribution in [3.8, 4) is 22.5 Å². The van der Waals surface area contributed by atoms with Gasteiger partial charge in [-0.2, -0.15) is 0 Å². The van der Waals surface area contributed by atoms with E-state index in [2.05, 4.69) is 20.6 Å². The molecule has 1 aliphatic carbocycles. The maximum atomic E-state index is 16.5. The van der Waals surface area contributed by atoms with E-state index in [9.17, 15) is 14.0 Å². The molecule has 1 fully saturated rings. The second-order valence-corrected chi connectivity index (χ2v) is 11.0. The lowest BCUT2D eigenvalue weighted by atomic mass is 9.73. The summed E-state index contributed by atoms with van der Waals surface area (Å²) in [6.07, 6.45) is 4.26. The van der Waals surface area contributed by atoms with Crippen LogP contribution in [0.5, 0.6) is 0 Å². The SMILES string of the molecule is CNC(=O)c1c(-c2ccc(F)cc2)oc2ccc(-c3cc(C(=O)NC4(c5ncccn5)CC(OC)C4)c(C)cc3C)c(F)c12. The van der Waals surface area contributed by atoms with Crippen LogP contribution in [0, 0.1) is 25.5 Å². The smallest absolute Gasteiger partial charge is 0.255 e. The molecule has 2 aromatic heterocycles. The van der Waals surface area contributed by atoms with E-state index >= 15 is 4.39 Å². The first-order chi connectivity index (χ1) is 21.2. The number of rotatable bonds is 7. The Bertz CT molecular complexity index is 1900. The molecule has 0 atom stereocenters. The number of carbonyl (C=O) groups is 2. The van der Waals surface area contributed by atoms with Crippen LogP contribution in [0.4, 0.5) is 8.78 Å². The van der Waals surface area contributed by atoms with Crippen molar-refractivity contribution in [3.63, 3.8) is 0 Å². The molecule has 0 spiro atoms. The summed E-state index contributed by atoms with van der Waals surface area (Å²) in [5.74, 6) is -1.40. The highest BCUT2D eigenvalue weighted by atomic mass is 19.1. The fraction of sp³-hybridized carbons (Fsp3) is 0.235. The number of hydrogen-bond donors (Lipinski definition) is 2. The van der Waals surface area contributed by atoms with Crippen molar-refractivity contribution in [3.05, 3.63) is 107 Å². The van der Waals surface area contributed by atoms with Gasteiger partial charge in [0.05, 0.1) is 17.1 Å². The Morgan fingerprint density at radius 3 is 2.32 bits per heavy atom. The Kier molecular flexibility index (Phi) is 7.46. The average Bonchev–Trinajstić information content (AvgIpc) is 3.40. The topological polar surface area (TPSA) is 106 Å². The number of benzene rings is 3. The number of ether oxygens (including phenoxy) is 1. The van der Waals surface area contributed by atoms with Crippen LogP contribution >= 0.6 is 0 Å². The van der Waals surface area contributed by atoms with Crippen LogP contribution in [0.3, 0.4) is 0 Å². The second kappa shape index (κ2) is 11.3. The summed E-state index contributed by atoms with van der Waals surface area (Å²) in [5.41, 5.74) is 2.30. The molecule has 2 amide bonds. The fourth-order valence-electron chi connectivity index (χ4n) is 5.95. The van der Waals surface area contributed by atoms with E-state index in [4.69, 9.17) is 9.15 Å². The number of aromatic nitrogens is 2. The Labute approximate surface area is 252 Å². The minimum absolute atomic E-state index is 0.00123. The standard InChI is InChI=1S/C34H30F2N4O4/c1-18-14-19(2)25(31(41)40-34(16-22(17-34)43-4)33-38-12-5-13-39-33)15-24(18)23-10-11-26-27(29(23)36)28(32(42)37-3)30(44-26)20-6-8-21(35)9-7-20/h5-15,22H,16-17H2,1-4H3,(H,37,42)(H,40,41). The van der Waals surface area contributed by atoms with Crippen LogP contribution in [0.1, 0.15) is 50.5 Å². The third kappa shape index (κ3) is 4.90. The van der Waals surface area contributed by atoms with Crippen LogP contribution in [-0.2, 0) is 10.3 Å². The number of aryl methyl sites for hydroxylation is 2. The third-order valence-corrected chi connectivity index (χ3v) is 8.29. The highest BCUT2D eigenvalue weighted by Crippen LogP contribution is 2.42.